The summed E-state index contributed by atoms with van der Waals surface area (Å²) in [6.07, 6.45) is 0.477. The highest BCUT2D eigenvalue weighted by Crippen LogP contribution is 2.34. The topological polar surface area (TPSA) is 105 Å². The van der Waals surface area contributed by atoms with Crippen molar-refractivity contribution in [3.63, 3.8) is 0 Å². The maximum absolute atomic E-state index is 13.5. The summed E-state index contributed by atoms with van der Waals surface area (Å²) in [6.45, 7) is 4.52. The van der Waals surface area contributed by atoms with Crippen LogP contribution in [-0.4, -0.2) is 47.4 Å². The lowest BCUT2D eigenvalue weighted by atomic mass is 10.0. The van der Waals surface area contributed by atoms with Gasteiger partial charge in [-0.25, -0.2) is 4.39 Å². The van der Waals surface area contributed by atoms with Crippen molar-refractivity contribution in [2.24, 2.45) is 5.92 Å². The van der Waals surface area contributed by atoms with Crippen LogP contribution < -0.4 is 14.8 Å². The average molecular weight is 445 g/mol. The first-order chi connectivity index (χ1) is 15.2. The monoisotopic (exact) mass is 445 g/mol. The van der Waals surface area contributed by atoms with Crippen LogP contribution in [0.3, 0.4) is 0 Å². The van der Waals surface area contributed by atoms with Crippen molar-refractivity contribution >= 4 is 11.9 Å². The van der Waals surface area contributed by atoms with Crippen molar-refractivity contribution < 1.29 is 33.7 Å². The van der Waals surface area contributed by atoms with Crippen molar-refractivity contribution in [1.29, 1.82) is 0 Å². The maximum Gasteiger partial charge on any atom is 0.321 e. The molecule has 1 aliphatic rings. The predicted molar refractivity (Wildman–Crippen MR) is 116 cm³/mol. The Bertz CT molecular complexity index is 946. The van der Waals surface area contributed by atoms with Gasteiger partial charge in [0.25, 0.3) is 0 Å². The summed E-state index contributed by atoms with van der Waals surface area (Å²) in [7, 11) is 0. The van der Waals surface area contributed by atoms with Gasteiger partial charge >= 0.3 is 11.9 Å². The van der Waals surface area contributed by atoms with Crippen molar-refractivity contribution in [3.05, 3.63) is 59.4 Å². The molecule has 0 saturated carbocycles. The lowest BCUT2D eigenvalue weighted by Gasteiger charge is -2.22. The smallest absolute Gasteiger partial charge is 0.321 e. The molecule has 0 spiro atoms. The van der Waals surface area contributed by atoms with Crippen molar-refractivity contribution in [2.75, 3.05) is 13.2 Å². The number of carboxylic acid groups (broad SMARTS) is 2. The summed E-state index contributed by atoms with van der Waals surface area (Å²) in [5, 5.41) is 21.7. The fourth-order valence-corrected chi connectivity index (χ4v) is 3.71. The lowest BCUT2D eigenvalue weighted by Crippen LogP contribution is -2.48. The molecule has 7 nitrogen and oxygen atoms in total. The molecule has 0 amide bonds. The summed E-state index contributed by atoms with van der Waals surface area (Å²) in [4.78, 5) is 23.1. The Balaban J connectivity index is 1.58. The predicted octanol–water partition coefficient (Wildman–Crippen LogP) is 3.47. The third-order valence-electron chi connectivity index (χ3n) is 5.37. The molecule has 3 N–H and O–H groups in total. The van der Waals surface area contributed by atoms with E-state index in [2.05, 4.69) is 5.32 Å². The van der Waals surface area contributed by atoms with E-state index in [-0.39, 0.29) is 24.1 Å². The van der Waals surface area contributed by atoms with Gasteiger partial charge in [0.15, 0.2) is 0 Å². The summed E-state index contributed by atoms with van der Waals surface area (Å²) in [5.41, 5.74) is 1.52. The van der Waals surface area contributed by atoms with Gasteiger partial charge in [0.2, 0.25) is 0 Å². The van der Waals surface area contributed by atoms with Gasteiger partial charge in [-0.2, -0.15) is 0 Å². The molecule has 0 bridgehead atoms. The third kappa shape index (κ3) is 6.20. The summed E-state index contributed by atoms with van der Waals surface area (Å²) < 4.78 is 24.9. The van der Waals surface area contributed by atoms with Crippen LogP contribution in [0.15, 0.2) is 42.5 Å². The molecule has 0 aliphatic carbocycles. The first-order valence-electron chi connectivity index (χ1n) is 10.6. The van der Waals surface area contributed by atoms with Gasteiger partial charge in [-0.3, -0.25) is 14.9 Å². The number of benzene rings is 2. The number of rotatable bonds is 11. The van der Waals surface area contributed by atoms with Gasteiger partial charge < -0.3 is 19.7 Å². The van der Waals surface area contributed by atoms with Crippen LogP contribution in [0.1, 0.15) is 37.3 Å². The third-order valence-corrected chi connectivity index (χ3v) is 5.37. The summed E-state index contributed by atoms with van der Waals surface area (Å²) in [5.74, 6) is -1.18. The zero-order valence-electron chi connectivity index (χ0n) is 18.1. The number of halogens is 1. The summed E-state index contributed by atoms with van der Waals surface area (Å²) >= 11 is 0. The molecule has 3 atom stereocenters. The molecule has 3 rings (SSSR count). The van der Waals surface area contributed by atoms with E-state index in [1.807, 2.05) is 13.8 Å². The number of fused-ring (bicyclic) bond motifs is 1. The first kappa shape index (κ1) is 23.5. The Labute approximate surface area is 186 Å². The van der Waals surface area contributed by atoms with Crippen LogP contribution in [-0.2, 0) is 16.0 Å². The van der Waals surface area contributed by atoms with E-state index in [0.717, 1.165) is 11.1 Å². The zero-order chi connectivity index (χ0) is 23.3. The second-order valence-electron chi connectivity index (χ2n) is 8.43. The molecule has 0 radical (unpaired) electrons. The molecule has 2 aromatic carbocycles. The molecule has 0 fully saturated rings. The number of carboxylic acids is 2. The number of aliphatic carboxylic acids is 2. The van der Waals surface area contributed by atoms with Crippen LogP contribution in [0.2, 0.25) is 0 Å². The molecule has 1 aliphatic heterocycles. The molecule has 32 heavy (non-hydrogen) atoms. The molecule has 0 aromatic heterocycles. The van der Waals surface area contributed by atoms with E-state index in [1.165, 1.54) is 12.1 Å². The van der Waals surface area contributed by atoms with Crippen LogP contribution in [0.5, 0.6) is 11.5 Å². The van der Waals surface area contributed by atoms with Crippen LogP contribution in [0.4, 0.5) is 4.39 Å². The van der Waals surface area contributed by atoms with E-state index >= 15 is 0 Å². The molecule has 172 valence electrons. The maximum atomic E-state index is 13.5. The molecule has 0 saturated heterocycles. The molecule has 1 unspecified atom stereocenters. The van der Waals surface area contributed by atoms with Gasteiger partial charge in [0, 0.05) is 5.56 Å². The van der Waals surface area contributed by atoms with Gasteiger partial charge in [-0.15, -0.1) is 0 Å². The standard InChI is InChI=1S/C24H28FNO6/c1-14(2)9-20(23(27)28)26-21(24(29)30)10-15-3-6-18(7-4-15)31-12-16-13-32-22-8-5-17(25)11-19(16)22/h3-8,11,14,16,20-21,26H,9-10,12-13H2,1-2H3,(H,27,28)(H,29,30)/t16?,20-,21-/m0/s1. The Morgan fingerprint density at radius 1 is 1.12 bits per heavy atom. The van der Waals surface area contributed by atoms with E-state index in [0.29, 0.717) is 31.1 Å². The summed E-state index contributed by atoms with van der Waals surface area (Å²) in [6, 6.07) is 9.46. The Hall–Kier alpha value is -3.13. The van der Waals surface area contributed by atoms with Crippen LogP contribution in [0, 0.1) is 11.7 Å². The van der Waals surface area contributed by atoms with Gasteiger partial charge in [0.1, 0.15) is 29.4 Å². The number of hydrogen-bond donors (Lipinski definition) is 3. The molecular weight excluding hydrogens is 417 g/mol. The van der Waals surface area contributed by atoms with Crippen LogP contribution in [0.25, 0.3) is 0 Å². The Kier molecular flexibility index (Phi) is 7.69. The van der Waals surface area contributed by atoms with Gasteiger partial charge in [-0.1, -0.05) is 26.0 Å². The van der Waals surface area contributed by atoms with E-state index in [1.54, 1.807) is 30.3 Å². The largest absolute Gasteiger partial charge is 0.493 e. The minimum Gasteiger partial charge on any atom is -0.493 e. The molecule has 8 heteroatoms. The first-order valence-corrected chi connectivity index (χ1v) is 10.6. The quantitative estimate of drug-likeness (QED) is 0.486. The number of carbonyl (C=O) groups is 2. The highest BCUT2D eigenvalue weighted by atomic mass is 19.1. The molecular formula is C24H28FNO6. The fraction of sp³-hybridized carbons (Fsp3) is 0.417. The zero-order valence-corrected chi connectivity index (χ0v) is 18.1. The highest BCUT2D eigenvalue weighted by Gasteiger charge is 2.27. The number of hydrogen-bond acceptors (Lipinski definition) is 5. The van der Waals surface area contributed by atoms with Crippen molar-refractivity contribution in [2.45, 2.75) is 44.7 Å². The number of nitrogens with one attached hydrogen (secondary N) is 1. The number of ether oxygens (including phenoxy) is 2. The Morgan fingerprint density at radius 3 is 2.44 bits per heavy atom. The second-order valence-corrected chi connectivity index (χ2v) is 8.43. The van der Waals surface area contributed by atoms with Crippen molar-refractivity contribution in [1.82, 2.24) is 5.32 Å². The molecule has 1 heterocycles. The fourth-order valence-electron chi connectivity index (χ4n) is 3.71. The molecule has 2 aromatic rings. The van der Waals surface area contributed by atoms with E-state index in [9.17, 15) is 24.2 Å². The Morgan fingerprint density at radius 2 is 1.81 bits per heavy atom. The minimum atomic E-state index is -1.10. The van der Waals surface area contributed by atoms with Gasteiger partial charge in [-0.05, 0) is 54.7 Å². The second kappa shape index (κ2) is 10.5. The van der Waals surface area contributed by atoms with E-state index in [4.69, 9.17) is 9.47 Å². The van der Waals surface area contributed by atoms with Crippen LogP contribution >= 0.6 is 0 Å². The minimum absolute atomic E-state index is 0.0742. The van der Waals surface area contributed by atoms with Crippen molar-refractivity contribution in [3.8, 4) is 11.5 Å². The normalized spacial score (nSPS) is 16.8. The SMILES string of the molecule is CC(C)C[C@H](N[C@@H](Cc1ccc(OCC2COc3ccc(F)cc32)cc1)C(=O)O)C(=O)O. The van der Waals surface area contributed by atoms with Gasteiger partial charge in [0.05, 0.1) is 19.1 Å². The lowest BCUT2D eigenvalue weighted by molar-refractivity contribution is -0.142. The average Bonchev–Trinajstić information content (AvgIpc) is 3.13. The highest BCUT2D eigenvalue weighted by molar-refractivity contribution is 5.77. The van der Waals surface area contributed by atoms with E-state index < -0.39 is 24.0 Å².